The van der Waals surface area contributed by atoms with Gasteiger partial charge in [-0.1, -0.05) is 13.0 Å². The summed E-state index contributed by atoms with van der Waals surface area (Å²) >= 11 is 0. The van der Waals surface area contributed by atoms with Crippen LogP contribution in [0, 0.1) is 5.92 Å². The lowest BCUT2D eigenvalue weighted by Crippen LogP contribution is -1.95. The molecule has 0 aromatic rings. The summed E-state index contributed by atoms with van der Waals surface area (Å²) in [6.45, 7) is 6.58. The zero-order valence-electron chi connectivity index (χ0n) is 5.88. The second-order valence-electron chi connectivity index (χ2n) is 2.06. The molecule has 2 heteroatoms. The minimum Gasteiger partial charge on any atom is -0.390 e. The molecule has 1 atom stereocenters. The standard InChI is InChI=1S/C7H14N2/c1-3-7(2)4-5-9-6-8/h3,6-7H,1,4-5H2,2H3,(H2,8,9). The van der Waals surface area contributed by atoms with Crippen LogP contribution in [-0.2, 0) is 0 Å². The van der Waals surface area contributed by atoms with Gasteiger partial charge in [0.25, 0.3) is 0 Å². The molecule has 2 nitrogen and oxygen atoms in total. The van der Waals surface area contributed by atoms with Gasteiger partial charge in [0.15, 0.2) is 0 Å². The lowest BCUT2D eigenvalue weighted by atomic mass is 10.1. The summed E-state index contributed by atoms with van der Waals surface area (Å²) in [5.41, 5.74) is 5.04. The monoisotopic (exact) mass is 126 g/mol. The molecule has 0 amide bonds. The van der Waals surface area contributed by atoms with E-state index in [9.17, 15) is 0 Å². The van der Waals surface area contributed by atoms with Crippen molar-refractivity contribution in [3.05, 3.63) is 12.7 Å². The topological polar surface area (TPSA) is 38.4 Å². The molecule has 0 fully saturated rings. The van der Waals surface area contributed by atoms with Crippen LogP contribution in [0.3, 0.4) is 0 Å². The Balaban J connectivity index is 3.16. The number of nitrogens with zero attached hydrogens (tertiary/aromatic N) is 1. The van der Waals surface area contributed by atoms with Gasteiger partial charge < -0.3 is 5.73 Å². The van der Waals surface area contributed by atoms with Gasteiger partial charge in [-0.2, -0.15) is 0 Å². The summed E-state index contributed by atoms with van der Waals surface area (Å²) in [5.74, 6) is 0.550. The van der Waals surface area contributed by atoms with Crippen molar-refractivity contribution in [2.75, 3.05) is 6.54 Å². The molecule has 0 aliphatic carbocycles. The zero-order chi connectivity index (χ0) is 7.11. The smallest absolute Gasteiger partial charge is 0.0797 e. The average Bonchev–Trinajstić information content (AvgIpc) is 1.89. The highest BCUT2D eigenvalue weighted by Gasteiger charge is 1.91. The first-order valence-electron chi connectivity index (χ1n) is 3.13. The lowest BCUT2D eigenvalue weighted by molar-refractivity contribution is 0.661. The maximum absolute atomic E-state index is 5.04. The minimum absolute atomic E-state index is 0.550. The van der Waals surface area contributed by atoms with Crippen LogP contribution >= 0.6 is 0 Å². The molecule has 2 N–H and O–H groups in total. The second-order valence-corrected chi connectivity index (χ2v) is 2.06. The van der Waals surface area contributed by atoms with E-state index in [4.69, 9.17) is 5.73 Å². The van der Waals surface area contributed by atoms with Crippen molar-refractivity contribution in [1.29, 1.82) is 0 Å². The van der Waals surface area contributed by atoms with Crippen LogP contribution in [0.25, 0.3) is 0 Å². The summed E-state index contributed by atoms with van der Waals surface area (Å²) in [5, 5.41) is 0. The molecule has 0 spiro atoms. The van der Waals surface area contributed by atoms with Gasteiger partial charge in [0.1, 0.15) is 0 Å². The fraction of sp³-hybridized carbons (Fsp3) is 0.571. The summed E-state index contributed by atoms with van der Waals surface area (Å²) in [7, 11) is 0. The SMILES string of the molecule is C=CC(C)CC/N=C/N. The van der Waals surface area contributed by atoms with Crippen molar-refractivity contribution in [2.45, 2.75) is 13.3 Å². The van der Waals surface area contributed by atoms with Crippen LogP contribution in [0.4, 0.5) is 0 Å². The Bertz CT molecular complexity index is 97.1. The van der Waals surface area contributed by atoms with Crippen molar-refractivity contribution >= 4 is 6.34 Å². The fourth-order valence-electron chi connectivity index (χ4n) is 0.471. The first kappa shape index (κ1) is 8.21. The van der Waals surface area contributed by atoms with Gasteiger partial charge in [-0.05, 0) is 12.3 Å². The van der Waals surface area contributed by atoms with Crippen molar-refractivity contribution in [3.63, 3.8) is 0 Å². The molecule has 0 rings (SSSR count). The van der Waals surface area contributed by atoms with E-state index in [1.165, 1.54) is 6.34 Å². The Morgan fingerprint density at radius 3 is 2.89 bits per heavy atom. The number of aliphatic imine (C=N–C) groups is 1. The van der Waals surface area contributed by atoms with E-state index in [1.54, 1.807) is 0 Å². The van der Waals surface area contributed by atoms with Crippen molar-refractivity contribution in [3.8, 4) is 0 Å². The highest BCUT2D eigenvalue weighted by molar-refractivity contribution is 5.50. The molecule has 0 aliphatic heterocycles. The largest absolute Gasteiger partial charge is 0.390 e. The van der Waals surface area contributed by atoms with Crippen LogP contribution in [0.2, 0.25) is 0 Å². The molecule has 0 saturated carbocycles. The van der Waals surface area contributed by atoms with Gasteiger partial charge in [-0.3, -0.25) is 4.99 Å². The highest BCUT2D eigenvalue weighted by Crippen LogP contribution is 2.00. The number of hydrogen-bond donors (Lipinski definition) is 1. The molecule has 1 unspecified atom stereocenters. The number of allylic oxidation sites excluding steroid dienone is 1. The molecule has 0 aromatic heterocycles. The van der Waals surface area contributed by atoms with E-state index in [0.29, 0.717) is 5.92 Å². The molecule has 0 saturated heterocycles. The van der Waals surface area contributed by atoms with Gasteiger partial charge in [0, 0.05) is 6.54 Å². The molecule has 0 aromatic carbocycles. The van der Waals surface area contributed by atoms with Crippen molar-refractivity contribution < 1.29 is 0 Å². The van der Waals surface area contributed by atoms with Crippen molar-refractivity contribution in [1.82, 2.24) is 0 Å². The number of nitrogens with two attached hydrogens (primary N) is 1. The quantitative estimate of drug-likeness (QED) is 0.343. The molecule has 9 heavy (non-hydrogen) atoms. The van der Waals surface area contributed by atoms with Gasteiger partial charge in [0.05, 0.1) is 6.34 Å². The predicted molar refractivity (Wildman–Crippen MR) is 41.5 cm³/mol. The highest BCUT2D eigenvalue weighted by atomic mass is 14.8. The summed E-state index contributed by atoms with van der Waals surface area (Å²) in [4.78, 5) is 3.86. The van der Waals surface area contributed by atoms with E-state index in [-0.39, 0.29) is 0 Å². The molecule has 0 aliphatic rings. The van der Waals surface area contributed by atoms with E-state index in [0.717, 1.165) is 13.0 Å². The predicted octanol–water partition coefficient (Wildman–Crippen LogP) is 1.19. The van der Waals surface area contributed by atoms with Gasteiger partial charge in [-0.15, -0.1) is 6.58 Å². The maximum atomic E-state index is 5.04. The van der Waals surface area contributed by atoms with Gasteiger partial charge in [-0.25, -0.2) is 0 Å². The fourth-order valence-corrected chi connectivity index (χ4v) is 0.471. The average molecular weight is 126 g/mol. The van der Waals surface area contributed by atoms with E-state index in [1.807, 2.05) is 6.08 Å². The zero-order valence-corrected chi connectivity index (χ0v) is 5.88. The van der Waals surface area contributed by atoms with Gasteiger partial charge >= 0.3 is 0 Å². The third kappa shape index (κ3) is 5.07. The Kier molecular flexibility index (Phi) is 4.88. The normalized spacial score (nSPS) is 13.9. The first-order valence-corrected chi connectivity index (χ1v) is 3.13. The molecular weight excluding hydrogens is 112 g/mol. The Labute approximate surface area is 56.5 Å². The first-order chi connectivity index (χ1) is 4.31. The van der Waals surface area contributed by atoms with Crippen LogP contribution in [0.15, 0.2) is 17.6 Å². The van der Waals surface area contributed by atoms with Crippen LogP contribution in [-0.4, -0.2) is 12.9 Å². The molecule has 52 valence electrons. The number of rotatable bonds is 4. The summed E-state index contributed by atoms with van der Waals surface area (Å²) in [6.07, 6.45) is 4.30. The third-order valence-corrected chi connectivity index (χ3v) is 1.22. The van der Waals surface area contributed by atoms with E-state index < -0.39 is 0 Å². The number of hydrogen-bond acceptors (Lipinski definition) is 1. The lowest BCUT2D eigenvalue weighted by Gasteiger charge is -1.99. The molecule has 0 bridgehead atoms. The molecular formula is C7H14N2. The van der Waals surface area contributed by atoms with Crippen molar-refractivity contribution in [2.24, 2.45) is 16.6 Å². The Hall–Kier alpha value is -0.790. The Morgan fingerprint density at radius 1 is 1.78 bits per heavy atom. The molecule has 0 radical (unpaired) electrons. The van der Waals surface area contributed by atoms with E-state index in [2.05, 4.69) is 18.5 Å². The van der Waals surface area contributed by atoms with Crippen LogP contribution in [0.5, 0.6) is 0 Å². The van der Waals surface area contributed by atoms with E-state index >= 15 is 0 Å². The minimum atomic E-state index is 0.550. The second kappa shape index (κ2) is 5.35. The van der Waals surface area contributed by atoms with Crippen LogP contribution < -0.4 is 5.73 Å². The maximum Gasteiger partial charge on any atom is 0.0797 e. The van der Waals surface area contributed by atoms with Gasteiger partial charge in [0.2, 0.25) is 0 Å². The molecule has 0 heterocycles. The summed E-state index contributed by atoms with van der Waals surface area (Å²) in [6, 6.07) is 0. The Morgan fingerprint density at radius 2 is 2.44 bits per heavy atom. The van der Waals surface area contributed by atoms with Crippen LogP contribution in [0.1, 0.15) is 13.3 Å². The summed E-state index contributed by atoms with van der Waals surface area (Å²) < 4.78 is 0. The third-order valence-electron chi connectivity index (χ3n) is 1.22.